The number of benzene rings is 1. The lowest BCUT2D eigenvalue weighted by molar-refractivity contribution is 0.0703. The van der Waals surface area contributed by atoms with Crippen molar-refractivity contribution in [1.29, 1.82) is 0 Å². The van der Waals surface area contributed by atoms with Crippen molar-refractivity contribution < 1.29 is 9.59 Å². The van der Waals surface area contributed by atoms with Crippen LogP contribution in [0.3, 0.4) is 0 Å². The number of piperidine rings is 1. The van der Waals surface area contributed by atoms with Gasteiger partial charge in [-0.25, -0.2) is 4.79 Å². The Bertz CT molecular complexity index is 590. The molecule has 3 rings (SSSR count). The van der Waals surface area contributed by atoms with Gasteiger partial charge in [-0.05, 0) is 50.6 Å². The van der Waals surface area contributed by atoms with Crippen LogP contribution in [0.4, 0.5) is 10.5 Å². The van der Waals surface area contributed by atoms with Crippen LogP contribution in [0.1, 0.15) is 29.6 Å². The van der Waals surface area contributed by atoms with E-state index in [0.29, 0.717) is 18.7 Å². The average molecular weight is 353 g/mol. The second-order valence-corrected chi connectivity index (χ2v) is 6.18. The molecule has 0 unspecified atom stereocenters. The molecular formula is C17H25ClN4O2. The lowest BCUT2D eigenvalue weighted by atomic mass is 10.0. The summed E-state index contributed by atoms with van der Waals surface area (Å²) < 4.78 is 0. The summed E-state index contributed by atoms with van der Waals surface area (Å²) in [6.45, 7) is 3.31. The molecule has 1 aromatic rings. The maximum absolute atomic E-state index is 12.7. The summed E-state index contributed by atoms with van der Waals surface area (Å²) in [6.07, 6.45) is 2.88. The van der Waals surface area contributed by atoms with Crippen molar-refractivity contribution in [1.82, 2.24) is 15.5 Å². The highest BCUT2D eigenvalue weighted by Crippen LogP contribution is 2.21. The molecule has 24 heavy (non-hydrogen) atoms. The van der Waals surface area contributed by atoms with Crippen molar-refractivity contribution in [3.05, 3.63) is 29.8 Å². The van der Waals surface area contributed by atoms with Crippen LogP contribution in [0, 0.1) is 0 Å². The monoisotopic (exact) mass is 352 g/mol. The number of anilines is 1. The van der Waals surface area contributed by atoms with E-state index in [9.17, 15) is 9.59 Å². The number of rotatable bonds is 3. The smallest absolute Gasteiger partial charge is 0.321 e. The van der Waals surface area contributed by atoms with Gasteiger partial charge < -0.3 is 15.5 Å². The minimum atomic E-state index is -0.0902. The van der Waals surface area contributed by atoms with Gasteiger partial charge in [0, 0.05) is 37.4 Å². The third-order valence-electron chi connectivity index (χ3n) is 4.66. The molecule has 0 saturated carbocycles. The van der Waals surface area contributed by atoms with Crippen LogP contribution in [-0.4, -0.2) is 56.1 Å². The summed E-state index contributed by atoms with van der Waals surface area (Å²) in [4.78, 5) is 28.3. The molecule has 2 fully saturated rings. The summed E-state index contributed by atoms with van der Waals surface area (Å²) in [5, 5.41) is 6.15. The average Bonchev–Trinajstić information content (AvgIpc) is 2.62. The molecule has 7 heteroatoms. The second kappa shape index (κ2) is 8.35. The summed E-state index contributed by atoms with van der Waals surface area (Å²) in [5.41, 5.74) is 1.42. The van der Waals surface area contributed by atoms with E-state index >= 15 is 0 Å². The molecule has 0 aromatic heterocycles. The van der Waals surface area contributed by atoms with Gasteiger partial charge >= 0.3 is 6.03 Å². The van der Waals surface area contributed by atoms with Gasteiger partial charge in [-0.15, -0.1) is 12.4 Å². The zero-order valence-corrected chi connectivity index (χ0v) is 14.8. The Morgan fingerprint density at radius 1 is 1.25 bits per heavy atom. The van der Waals surface area contributed by atoms with Gasteiger partial charge in [-0.1, -0.05) is 6.07 Å². The number of halogens is 1. The summed E-state index contributed by atoms with van der Waals surface area (Å²) >= 11 is 0. The van der Waals surface area contributed by atoms with E-state index < -0.39 is 0 Å². The fourth-order valence-electron chi connectivity index (χ4n) is 3.25. The highest BCUT2D eigenvalue weighted by Gasteiger charge is 2.24. The maximum Gasteiger partial charge on any atom is 0.321 e. The number of carbonyl (C=O) groups excluding carboxylic acids is 2. The van der Waals surface area contributed by atoms with E-state index in [4.69, 9.17) is 0 Å². The van der Waals surface area contributed by atoms with Crippen LogP contribution in [0.15, 0.2) is 24.3 Å². The highest BCUT2D eigenvalue weighted by atomic mass is 35.5. The molecule has 0 bridgehead atoms. The topological polar surface area (TPSA) is 64.7 Å². The summed E-state index contributed by atoms with van der Waals surface area (Å²) in [7, 11) is 1.87. The minimum absolute atomic E-state index is 0. The van der Waals surface area contributed by atoms with Gasteiger partial charge in [-0.3, -0.25) is 9.69 Å². The van der Waals surface area contributed by atoms with Crippen LogP contribution < -0.4 is 15.5 Å². The first-order valence-electron chi connectivity index (χ1n) is 8.30. The van der Waals surface area contributed by atoms with E-state index in [1.54, 1.807) is 4.90 Å². The quantitative estimate of drug-likeness (QED) is 0.872. The molecule has 6 nitrogen and oxygen atoms in total. The van der Waals surface area contributed by atoms with Crippen LogP contribution >= 0.6 is 12.4 Å². The fourth-order valence-corrected chi connectivity index (χ4v) is 3.25. The first kappa shape index (κ1) is 18.5. The Morgan fingerprint density at radius 3 is 2.71 bits per heavy atom. The number of carbonyl (C=O) groups is 2. The standard InChI is InChI=1S/C17H24N4O2.ClH/c1-20(14-6-9-18-10-7-14)16(22)13-4-2-5-15(12-13)21-11-3-8-19-17(21)23;/h2,4-5,12,14,18H,3,6-11H2,1H3,(H,19,23);1H. The Kier molecular flexibility index (Phi) is 6.45. The SMILES string of the molecule is CN(C(=O)c1cccc(N2CCCNC2=O)c1)C1CCNCC1.Cl. The fraction of sp³-hybridized carbons (Fsp3) is 0.529. The van der Waals surface area contributed by atoms with Crippen LogP contribution in [0.5, 0.6) is 0 Å². The van der Waals surface area contributed by atoms with E-state index in [2.05, 4.69) is 10.6 Å². The molecule has 2 N–H and O–H groups in total. The molecule has 2 aliphatic rings. The number of urea groups is 1. The van der Waals surface area contributed by atoms with Crippen molar-refractivity contribution in [2.45, 2.75) is 25.3 Å². The first-order valence-corrected chi connectivity index (χ1v) is 8.30. The third-order valence-corrected chi connectivity index (χ3v) is 4.66. The largest absolute Gasteiger partial charge is 0.339 e. The lowest BCUT2D eigenvalue weighted by Crippen LogP contribution is -2.46. The van der Waals surface area contributed by atoms with E-state index in [0.717, 1.165) is 38.0 Å². The second-order valence-electron chi connectivity index (χ2n) is 6.18. The van der Waals surface area contributed by atoms with Crippen LogP contribution in [0.2, 0.25) is 0 Å². The van der Waals surface area contributed by atoms with Gasteiger partial charge in [-0.2, -0.15) is 0 Å². The summed E-state index contributed by atoms with van der Waals surface area (Å²) in [5.74, 6) is 0.0242. The Balaban J connectivity index is 0.00000208. The Hall–Kier alpha value is -1.79. The number of hydrogen-bond acceptors (Lipinski definition) is 3. The molecule has 1 aromatic carbocycles. The van der Waals surface area contributed by atoms with Crippen molar-refractivity contribution in [2.24, 2.45) is 0 Å². The highest BCUT2D eigenvalue weighted by molar-refractivity contribution is 5.98. The Morgan fingerprint density at radius 2 is 2.00 bits per heavy atom. The molecule has 0 atom stereocenters. The number of nitrogens with one attached hydrogen (secondary N) is 2. The van der Waals surface area contributed by atoms with Gasteiger partial charge in [0.05, 0.1) is 0 Å². The lowest BCUT2D eigenvalue weighted by Gasteiger charge is -2.32. The van der Waals surface area contributed by atoms with Gasteiger partial charge in [0.2, 0.25) is 0 Å². The molecule has 0 spiro atoms. The van der Waals surface area contributed by atoms with Gasteiger partial charge in [0.25, 0.3) is 5.91 Å². The van der Waals surface area contributed by atoms with Crippen molar-refractivity contribution in [2.75, 3.05) is 38.1 Å². The predicted octanol–water partition coefficient (Wildman–Crippen LogP) is 1.85. The van der Waals surface area contributed by atoms with Crippen molar-refractivity contribution >= 4 is 30.0 Å². The molecule has 2 heterocycles. The number of nitrogens with zero attached hydrogens (tertiary/aromatic N) is 2. The van der Waals surface area contributed by atoms with E-state index in [1.165, 1.54) is 0 Å². The minimum Gasteiger partial charge on any atom is -0.339 e. The van der Waals surface area contributed by atoms with Gasteiger partial charge in [0.1, 0.15) is 0 Å². The van der Waals surface area contributed by atoms with Gasteiger partial charge in [0.15, 0.2) is 0 Å². The summed E-state index contributed by atoms with van der Waals surface area (Å²) in [6, 6.07) is 7.57. The predicted molar refractivity (Wildman–Crippen MR) is 97.0 cm³/mol. The molecule has 2 aliphatic heterocycles. The molecular weight excluding hydrogens is 328 g/mol. The zero-order valence-electron chi connectivity index (χ0n) is 14.0. The molecule has 0 aliphatic carbocycles. The molecule has 2 saturated heterocycles. The molecule has 132 valence electrons. The normalized spacial score (nSPS) is 18.5. The number of hydrogen-bond donors (Lipinski definition) is 2. The van der Waals surface area contributed by atoms with Crippen LogP contribution in [0.25, 0.3) is 0 Å². The maximum atomic E-state index is 12.7. The van der Waals surface area contributed by atoms with Crippen LogP contribution in [-0.2, 0) is 0 Å². The van der Waals surface area contributed by atoms with Crippen molar-refractivity contribution in [3.8, 4) is 0 Å². The molecule has 3 amide bonds. The number of amides is 3. The Labute approximate surface area is 149 Å². The first-order chi connectivity index (χ1) is 11.2. The zero-order chi connectivity index (χ0) is 16.2. The molecule has 0 radical (unpaired) electrons. The third kappa shape index (κ3) is 3.99. The van der Waals surface area contributed by atoms with E-state index in [1.807, 2.05) is 36.2 Å². The van der Waals surface area contributed by atoms with Crippen molar-refractivity contribution in [3.63, 3.8) is 0 Å². The van der Waals surface area contributed by atoms with E-state index in [-0.39, 0.29) is 30.4 Å².